The highest BCUT2D eigenvalue weighted by Crippen LogP contribution is 2.19. The van der Waals surface area contributed by atoms with Gasteiger partial charge in [0.1, 0.15) is 5.69 Å². The maximum atomic E-state index is 12.3. The number of aliphatic hydroxyl groups is 1. The molecule has 1 aliphatic rings. The van der Waals surface area contributed by atoms with E-state index in [1.807, 2.05) is 16.8 Å². The summed E-state index contributed by atoms with van der Waals surface area (Å²) >= 11 is 0. The fourth-order valence-electron chi connectivity index (χ4n) is 2.68. The van der Waals surface area contributed by atoms with Gasteiger partial charge in [-0.3, -0.25) is 9.48 Å². The zero-order valence-electron chi connectivity index (χ0n) is 12.1. The number of rotatable bonds is 6. The van der Waals surface area contributed by atoms with E-state index in [1.165, 1.54) is 0 Å². The number of nitrogens with zero attached hydrogens (tertiary/aromatic N) is 2. The highest BCUT2D eigenvalue weighted by Gasteiger charge is 2.23. The van der Waals surface area contributed by atoms with E-state index >= 15 is 0 Å². The highest BCUT2D eigenvalue weighted by atomic mass is 16.3. The molecule has 20 heavy (non-hydrogen) atoms. The topological polar surface area (TPSA) is 67.2 Å². The van der Waals surface area contributed by atoms with Crippen LogP contribution < -0.4 is 5.32 Å². The Morgan fingerprint density at radius 2 is 2.25 bits per heavy atom. The van der Waals surface area contributed by atoms with Gasteiger partial charge in [-0.25, -0.2) is 0 Å². The molecule has 0 fully saturated rings. The van der Waals surface area contributed by atoms with E-state index in [0.717, 1.165) is 19.3 Å². The Hall–Kier alpha value is -1.62. The molecule has 5 heteroatoms. The second-order valence-corrected chi connectivity index (χ2v) is 5.27. The van der Waals surface area contributed by atoms with E-state index in [4.69, 9.17) is 5.11 Å². The average molecular weight is 277 g/mol. The second kappa shape index (κ2) is 6.70. The number of carbonyl (C=O) groups is 1. The van der Waals surface area contributed by atoms with Gasteiger partial charge in [0.15, 0.2) is 0 Å². The lowest BCUT2D eigenvalue weighted by atomic mass is 10.1. The van der Waals surface area contributed by atoms with Gasteiger partial charge in [0, 0.05) is 24.8 Å². The fraction of sp³-hybridized carbons (Fsp3) is 0.600. The molecule has 1 aromatic heterocycles. The van der Waals surface area contributed by atoms with Crippen LogP contribution in [-0.2, 0) is 0 Å². The SMILES string of the molecule is CCC(CC)n1nccc1C(=O)N[C@@H]1C=C[C@H](CO)C1. The third-order valence-electron chi connectivity index (χ3n) is 3.91. The van der Waals surface area contributed by atoms with Gasteiger partial charge >= 0.3 is 0 Å². The number of amides is 1. The molecule has 0 spiro atoms. The van der Waals surface area contributed by atoms with Gasteiger partial charge in [-0.15, -0.1) is 0 Å². The van der Waals surface area contributed by atoms with Crippen molar-refractivity contribution in [2.75, 3.05) is 6.61 Å². The third-order valence-corrected chi connectivity index (χ3v) is 3.91. The summed E-state index contributed by atoms with van der Waals surface area (Å²) in [7, 11) is 0. The average Bonchev–Trinajstić information content (AvgIpc) is 3.09. The van der Waals surface area contributed by atoms with Crippen LogP contribution in [0.25, 0.3) is 0 Å². The number of hydrogen-bond donors (Lipinski definition) is 2. The van der Waals surface area contributed by atoms with Gasteiger partial charge in [-0.1, -0.05) is 26.0 Å². The molecule has 2 atom stereocenters. The molecule has 0 saturated heterocycles. The van der Waals surface area contributed by atoms with Crippen LogP contribution in [0.4, 0.5) is 0 Å². The molecule has 5 nitrogen and oxygen atoms in total. The minimum absolute atomic E-state index is 0.00435. The summed E-state index contributed by atoms with van der Waals surface area (Å²) in [6.45, 7) is 4.33. The number of aromatic nitrogens is 2. The van der Waals surface area contributed by atoms with E-state index in [9.17, 15) is 4.79 Å². The summed E-state index contributed by atoms with van der Waals surface area (Å²) in [6.07, 6.45) is 8.26. The quantitative estimate of drug-likeness (QED) is 0.781. The smallest absolute Gasteiger partial charge is 0.270 e. The molecule has 110 valence electrons. The van der Waals surface area contributed by atoms with Crippen LogP contribution in [0.1, 0.15) is 49.6 Å². The first-order valence-electron chi connectivity index (χ1n) is 7.33. The monoisotopic (exact) mass is 277 g/mol. The van der Waals surface area contributed by atoms with Crippen molar-refractivity contribution >= 4 is 5.91 Å². The number of carbonyl (C=O) groups excluding carboxylic acids is 1. The second-order valence-electron chi connectivity index (χ2n) is 5.27. The van der Waals surface area contributed by atoms with E-state index in [0.29, 0.717) is 5.69 Å². The molecule has 0 aliphatic heterocycles. The predicted octanol–water partition coefficient (Wildman–Crippen LogP) is 1.91. The van der Waals surface area contributed by atoms with E-state index in [1.54, 1.807) is 12.3 Å². The zero-order valence-corrected chi connectivity index (χ0v) is 12.1. The maximum Gasteiger partial charge on any atom is 0.270 e. The number of aliphatic hydroxyl groups excluding tert-OH is 1. The Morgan fingerprint density at radius 1 is 1.50 bits per heavy atom. The standard InChI is InChI=1S/C15H23N3O2/c1-3-13(4-2)18-14(7-8-16-18)15(20)17-12-6-5-11(9-12)10-19/h5-8,11-13,19H,3-4,9-10H2,1-2H3,(H,17,20)/t11-,12+/m0/s1. The summed E-state index contributed by atoms with van der Waals surface area (Å²) < 4.78 is 1.82. The van der Waals surface area contributed by atoms with Crippen molar-refractivity contribution in [3.05, 3.63) is 30.1 Å². The summed E-state index contributed by atoms with van der Waals surface area (Å²) in [5.74, 6) is 0.0619. The van der Waals surface area contributed by atoms with Crippen molar-refractivity contribution in [2.45, 2.75) is 45.2 Å². The van der Waals surface area contributed by atoms with Gasteiger partial charge in [0.05, 0.1) is 6.04 Å². The van der Waals surface area contributed by atoms with Crippen molar-refractivity contribution in [3.63, 3.8) is 0 Å². The first-order chi connectivity index (χ1) is 9.69. The lowest BCUT2D eigenvalue weighted by Crippen LogP contribution is -2.34. The van der Waals surface area contributed by atoms with Gasteiger partial charge < -0.3 is 10.4 Å². The lowest BCUT2D eigenvalue weighted by Gasteiger charge is -2.18. The molecular formula is C15H23N3O2. The largest absolute Gasteiger partial charge is 0.396 e. The fourth-order valence-corrected chi connectivity index (χ4v) is 2.68. The summed E-state index contributed by atoms with van der Waals surface area (Å²) in [5, 5.41) is 16.4. The molecule has 0 aromatic carbocycles. The van der Waals surface area contributed by atoms with Gasteiger partial charge in [-0.2, -0.15) is 5.10 Å². The molecule has 0 radical (unpaired) electrons. The van der Waals surface area contributed by atoms with Crippen molar-refractivity contribution in [1.29, 1.82) is 0 Å². The highest BCUT2D eigenvalue weighted by molar-refractivity contribution is 5.92. The van der Waals surface area contributed by atoms with Crippen molar-refractivity contribution < 1.29 is 9.90 Å². The Morgan fingerprint density at radius 3 is 2.85 bits per heavy atom. The van der Waals surface area contributed by atoms with E-state index in [2.05, 4.69) is 24.3 Å². The van der Waals surface area contributed by atoms with Crippen LogP contribution in [0.3, 0.4) is 0 Å². The summed E-state index contributed by atoms with van der Waals surface area (Å²) in [6, 6.07) is 2.02. The number of nitrogens with one attached hydrogen (secondary N) is 1. The van der Waals surface area contributed by atoms with Gasteiger partial charge in [0.25, 0.3) is 5.91 Å². The van der Waals surface area contributed by atoms with Crippen LogP contribution in [0, 0.1) is 5.92 Å². The lowest BCUT2D eigenvalue weighted by molar-refractivity contribution is 0.0927. The summed E-state index contributed by atoms with van der Waals surface area (Å²) in [4.78, 5) is 12.3. The molecule has 1 amide bonds. The number of hydrogen-bond acceptors (Lipinski definition) is 3. The first-order valence-corrected chi connectivity index (χ1v) is 7.33. The third kappa shape index (κ3) is 3.10. The molecule has 2 rings (SSSR count). The van der Waals surface area contributed by atoms with Gasteiger partial charge in [0.2, 0.25) is 0 Å². The first kappa shape index (κ1) is 14.8. The van der Waals surface area contributed by atoms with Crippen molar-refractivity contribution in [3.8, 4) is 0 Å². The Labute approximate surface area is 119 Å². The Kier molecular flexibility index (Phi) is 4.95. The molecule has 0 saturated carbocycles. The molecule has 0 bridgehead atoms. The van der Waals surface area contributed by atoms with Crippen LogP contribution in [-0.4, -0.2) is 33.4 Å². The van der Waals surface area contributed by atoms with Crippen LogP contribution in [0.2, 0.25) is 0 Å². The Balaban J connectivity index is 2.03. The normalized spacial score (nSPS) is 21.6. The Bertz CT molecular complexity index is 477. The molecule has 2 N–H and O–H groups in total. The molecule has 0 unspecified atom stereocenters. The van der Waals surface area contributed by atoms with E-state index < -0.39 is 0 Å². The van der Waals surface area contributed by atoms with Crippen LogP contribution in [0.5, 0.6) is 0 Å². The maximum absolute atomic E-state index is 12.3. The van der Waals surface area contributed by atoms with Crippen molar-refractivity contribution in [1.82, 2.24) is 15.1 Å². The summed E-state index contributed by atoms with van der Waals surface area (Å²) in [5.41, 5.74) is 0.611. The van der Waals surface area contributed by atoms with Crippen LogP contribution in [0.15, 0.2) is 24.4 Å². The van der Waals surface area contributed by atoms with Crippen molar-refractivity contribution in [2.24, 2.45) is 5.92 Å². The van der Waals surface area contributed by atoms with Crippen LogP contribution >= 0.6 is 0 Å². The van der Waals surface area contributed by atoms with Gasteiger partial charge in [-0.05, 0) is 25.3 Å². The molecule has 1 aromatic rings. The minimum Gasteiger partial charge on any atom is -0.396 e. The zero-order chi connectivity index (χ0) is 14.5. The predicted molar refractivity (Wildman–Crippen MR) is 77.4 cm³/mol. The molecular weight excluding hydrogens is 254 g/mol. The minimum atomic E-state index is -0.0948. The molecule has 1 aliphatic carbocycles. The van der Waals surface area contributed by atoms with E-state index in [-0.39, 0.29) is 30.5 Å². The molecule has 1 heterocycles.